The highest BCUT2D eigenvalue weighted by molar-refractivity contribution is 7.89. The monoisotopic (exact) mass is 402 g/mol. The third-order valence-corrected chi connectivity index (χ3v) is 8.94. The second-order valence-electron chi connectivity index (χ2n) is 9.14. The molecular formula is C23H34N2O2S. The Morgan fingerprint density at radius 3 is 2.32 bits per heavy atom. The van der Waals surface area contributed by atoms with Gasteiger partial charge >= 0.3 is 0 Å². The number of hydrogen-bond acceptors (Lipinski definition) is 3. The van der Waals surface area contributed by atoms with Gasteiger partial charge in [-0.2, -0.15) is 4.31 Å². The van der Waals surface area contributed by atoms with Gasteiger partial charge in [0.05, 0.1) is 4.90 Å². The van der Waals surface area contributed by atoms with Crippen molar-refractivity contribution < 1.29 is 8.42 Å². The fraction of sp³-hybridized carbons (Fsp3) is 0.652. The van der Waals surface area contributed by atoms with E-state index < -0.39 is 10.0 Å². The first-order valence-electron chi connectivity index (χ1n) is 11.0. The molecule has 4 nitrogen and oxygen atoms in total. The van der Waals surface area contributed by atoms with Gasteiger partial charge in [-0.15, -0.1) is 0 Å². The van der Waals surface area contributed by atoms with Crippen molar-refractivity contribution in [2.45, 2.75) is 63.7 Å². The minimum atomic E-state index is -3.37. The van der Waals surface area contributed by atoms with Crippen LogP contribution in [0.3, 0.4) is 0 Å². The van der Waals surface area contributed by atoms with Gasteiger partial charge in [-0.05, 0) is 67.7 Å². The van der Waals surface area contributed by atoms with E-state index in [1.165, 1.54) is 25.0 Å². The first-order chi connectivity index (χ1) is 13.4. The van der Waals surface area contributed by atoms with Crippen LogP contribution in [0, 0.1) is 23.7 Å². The fourth-order valence-corrected chi connectivity index (χ4v) is 6.88. The number of anilines is 1. The van der Waals surface area contributed by atoms with E-state index in [1.54, 1.807) is 16.4 Å². The predicted octanol–water partition coefficient (Wildman–Crippen LogP) is 5.25. The van der Waals surface area contributed by atoms with Crippen LogP contribution in [0.5, 0.6) is 0 Å². The second kappa shape index (κ2) is 8.19. The summed E-state index contributed by atoms with van der Waals surface area (Å²) in [4.78, 5) is 0.415. The van der Waals surface area contributed by atoms with Crippen LogP contribution in [0.4, 0.5) is 5.69 Å². The number of sulfonamides is 1. The lowest BCUT2D eigenvalue weighted by molar-refractivity contribution is 0.203. The Morgan fingerprint density at radius 2 is 1.64 bits per heavy atom. The van der Waals surface area contributed by atoms with Gasteiger partial charge < -0.3 is 5.32 Å². The molecule has 1 saturated carbocycles. The Balaban J connectivity index is 1.47. The van der Waals surface area contributed by atoms with Gasteiger partial charge in [0.2, 0.25) is 10.0 Å². The maximum Gasteiger partial charge on any atom is 0.243 e. The van der Waals surface area contributed by atoms with E-state index >= 15 is 0 Å². The van der Waals surface area contributed by atoms with Crippen molar-refractivity contribution in [3.63, 3.8) is 0 Å². The van der Waals surface area contributed by atoms with Gasteiger partial charge in [0.15, 0.2) is 0 Å². The Bertz CT molecular complexity index is 808. The van der Waals surface area contributed by atoms with Crippen molar-refractivity contribution in [3.05, 3.63) is 36.0 Å². The van der Waals surface area contributed by atoms with Gasteiger partial charge in [0, 0.05) is 30.4 Å². The van der Waals surface area contributed by atoms with Crippen molar-refractivity contribution in [1.29, 1.82) is 0 Å². The number of rotatable bonds is 4. The average molecular weight is 403 g/mol. The zero-order valence-electron chi connectivity index (χ0n) is 17.2. The van der Waals surface area contributed by atoms with Gasteiger partial charge in [0.25, 0.3) is 0 Å². The van der Waals surface area contributed by atoms with Crippen LogP contribution in [0.25, 0.3) is 0 Å². The van der Waals surface area contributed by atoms with E-state index in [0.717, 1.165) is 43.2 Å². The van der Waals surface area contributed by atoms with Gasteiger partial charge in [-0.25, -0.2) is 8.42 Å². The smallest absolute Gasteiger partial charge is 0.243 e. The molecule has 3 aliphatic rings. The summed E-state index contributed by atoms with van der Waals surface area (Å²) in [6, 6.07) is 7.39. The van der Waals surface area contributed by atoms with Crippen molar-refractivity contribution in [2.24, 2.45) is 23.7 Å². The minimum absolute atomic E-state index is 0.415. The SMILES string of the molecule is CC1C=C(Nc2ccc(S(=O)(=O)N3CCCCCC3)cc2)[C@@H]2C[C@H](C)CC[C@@H]12. The van der Waals surface area contributed by atoms with Crippen LogP contribution in [-0.2, 0) is 10.0 Å². The van der Waals surface area contributed by atoms with E-state index in [-0.39, 0.29) is 0 Å². The Morgan fingerprint density at radius 1 is 0.964 bits per heavy atom. The maximum absolute atomic E-state index is 13.0. The van der Waals surface area contributed by atoms with Crippen LogP contribution in [-0.4, -0.2) is 25.8 Å². The molecule has 28 heavy (non-hydrogen) atoms. The molecule has 5 heteroatoms. The van der Waals surface area contributed by atoms with E-state index in [1.807, 2.05) is 12.1 Å². The van der Waals surface area contributed by atoms with Crippen molar-refractivity contribution >= 4 is 15.7 Å². The summed E-state index contributed by atoms with van der Waals surface area (Å²) in [5.41, 5.74) is 2.33. The van der Waals surface area contributed by atoms with Crippen LogP contribution >= 0.6 is 0 Å². The first kappa shape index (κ1) is 20.0. The number of nitrogens with zero attached hydrogens (tertiary/aromatic N) is 1. The molecule has 1 aliphatic heterocycles. The van der Waals surface area contributed by atoms with Gasteiger partial charge in [-0.3, -0.25) is 0 Å². The Kier molecular flexibility index (Phi) is 5.84. The number of fused-ring (bicyclic) bond motifs is 1. The summed E-state index contributed by atoms with van der Waals surface area (Å²) in [6.45, 7) is 5.99. The van der Waals surface area contributed by atoms with Crippen molar-refractivity contribution in [2.75, 3.05) is 18.4 Å². The number of hydrogen-bond donors (Lipinski definition) is 1. The largest absolute Gasteiger partial charge is 0.359 e. The third-order valence-electron chi connectivity index (χ3n) is 7.03. The number of benzene rings is 1. The van der Waals surface area contributed by atoms with E-state index in [4.69, 9.17) is 0 Å². The van der Waals surface area contributed by atoms with Gasteiger partial charge in [0.1, 0.15) is 0 Å². The van der Waals surface area contributed by atoms with E-state index in [9.17, 15) is 8.42 Å². The number of nitrogens with one attached hydrogen (secondary N) is 1. The summed E-state index contributed by atoms with van der Waals surface area (Å²) in [5, 5.41) is 3.61. The molecule has 0 amide bonds. The zero-order chi connectivity index (χ0) is 19.7. The third kappa shape index (κ3) is 4.02. The van der Waals surface area contributed by atoms with Crippen LogP contribution < -0.4 is 5.32 Å². The number of allylic oxidation sites excluding steroid dienone is 2. The molecule has 4 atom stereocenters. The molecule has 2 fully saturated rings. The van der Waals surface area contributed by atoms with Crippen molar-refractivity contribution in [1.82, 2.24) is 4.31 Å². The molecule has 1 saturated heterocycles. The highest BCUT2D eigenvalue weighted by atomic mass is 32.2. The minimum Gasteiger partial charge on any atom is -0.359 e. The van der Waals surface area contributed by atoms with Crippen LogP contribution in [0.2, 0.25) is 0 Å². The Hall–Kier alpha value is -1.33. The first-order valence-corrected chi connectivity index (χ1v) is 12.5. The quantitative estimate of drug-likeness (QED) is 0.748. The standard InChI is InChI=1S/C23H34N2O2S/c1-17-7-12-21-18(2)16-23(22(21)15-17)24-19-8-10-20(11-9-19)28(26,27)25-13-5-3-4-6-14-25/h8-11,16-18,21-22,24H,3-7,12-15H2,1-2H3/t17-,18?,21+,22-/m1/s1. The van der Waals surface area contributed by atoms with E-state index in [2.05, 4.69) is 25.2 Å². The highest BCUT2D eigenvalue weighted by Crippen LogP contribution is 2.47. The molecule has 0 radical (unpaired) electrons. The molecule has 2 aliphatic carbocycles. The van der Waals surface area contributed by atoms with Gasteiger partial charge in [-0.1, -0.05) is 39.2 Å². The molecule has 1 aromatic rings. The van der Waals surface area contributed by atoms with E-state index in [0.29, 0.717) is 29.8 Å². The molecule has 1 unspecified atom stereocenters. The summed E-state index contributed by atoms with van der Waals surface area (Å²) in [6.07, 6.45) is 10.5. The lowest BCUT2D eigenvalue weighted by atomic mass is 9.73. The highest BCUT2D eigenvalue weighted by Gasteiger charge is 2.38. The summed E-state index contributed by atoms with van der Waals surface area (Å²) in [7, 11) is -3.37. The molecule has 1 heterocycles. The molecule has 0 spiro atoms. The molecule has 1 N–H and O–H groups in total. The molecule has 0 aromatic heterocycles. The lowest BCUT2D eigenvalue weighted by Crippen LogP contribution is -2.31. The van der Waals surface area contributed by atoms with Crippen LogP contribution in [0.1, 0.15) is 58.8 Å². The fourth-order valence-electron chi connectivity index (χ4n) is 5.36. The average Bonchev–Trinajstić information content (AvgIpc) is 2.87. The summed E-state index contributed by atoms with van der Waals surface area (Å²) in [5.74, 6) is 2.81. The lowest BCUT2D eigenvalue weighted by Gasteiger charge is -2.34. The summed E-state index contributed by atoms with van der Waals surface area (Å²) < 4.78 is 27.6. The molecule has 4 rings (SSSR count). The second-order valence-corrected chi connectivity index (χ2v) is 11.1. The molecule has 1 aromatic carbocycles. The van der Waals surface area contributed by atoms with Crippen molar-refractivity contribution in [3.8, 4) is 0 Å². The molecular weight excluding hydrogens is 368 g/mol. The summed E-state index contributed by atoms with van der Waals surface area (Å²) >= 11 is 0. The molecule has 154 valence electrons. The predicted molar refractivity (Wildman–Crippen MR) is 115 cm³/mol. The topological polar surface area (TPSA) is 49.4 Å². The Labute approximate surface area is 170 Å². The molecule has 0 bridgehead atoms. The normalized spacial score (nSPS) is 31.7. The zero-order valence-corrected chi connectivity index (χ0v) is 18.0. The van der Waals surface area contributed by atoms with Crippen LogP contribution in [0.15, 0.2) is 40.9 Å². The maximum atomic E-state index is 13.0.